The molecule has 0 saturated carbocycles. The van der Waals surface area contributed by atoms with Crippen molar-refractivity contribution in [2.24, 2.45) is 0 Å². The van der Waals surface area contributed by atoms with Crippen LogP contribution in [0.2, 0.25) is 0 Å². The monoisotopic (exact) mass is 127 g/mol. The van der Waals surface area contributed by atoms with Crippen LogP contribution in [0.5, 0.6) is 0 Å². The molecule has 0 radical (unpaired) electrons. The second-order valence-corrected chi connectivity index (χ2v) is 2.62. The van der Waals surface area contributed by atoms with Gasteiger partial charge in [0, 0.05) is 6.04 Å². The van der Waals surface area contributed by atoms with Gasteiger partial charge in [-0.2, -0.15) is 0 Å². The maximum Gasteiger partial charge on any atom is 0.0108 e. The fraction of sp³-hybridized carbons (Fsp3) is 1.00. The third-order valence-corrected chi connectivity index (χ3v) is 2.25. The van der Waals surface area contributed by atoms with Gasteiger partial charge < -0.3 is 4.90 Å². The zero-order valence-corrected chi connectivity index (χ0v) is 6.56. The Kier molecular flexibility index (Phi) is 2.52. The molecule has 1 unspecified atom stereocenters. The van der Waals surface area contributed by atoms with Crippen LogP contribution in [0.3, 0.4) is 0 Å². The molecule has 54 valence electrons. The van der Waals surface area contributed by atoms with Crippen molar-refractivity contribution in [2.45, 2.75) is 39.2 Å². The van der Waals surface area contributed by atoms with Crippen LogP contribution >= 0.6 is 0 Å². The van der Waals surface area contributed by atoms with E-state index in [4.69, 9.17) is 0 Å². The first kappa shape index (κ1) is 7.07. The van der Waals surface area contributed by atoms with Crippen molar-refractivity contribution in [3.63, 3.8) is 0 Å². The van der Waals surface area contributed by atoms with Gasteiger partial charge in [0.1, 0.15) is 0 Å². The minimum absolute atomic E-state index is 1.03. The highest BCUT2D eigenvalue weighted by Gasteiger charge is 2.31. The average molecular weight is 127 g/mol. The van der Waals surface area contributed by atoms with Crippen LogP contribution in [0.15, 0.2) is 0 Å². The Bertz CT molecular complexity index is 70.6. The van der Waals surface area contributed by atoms with E-state index in [1.807, 2.05) is 13.8 Å². The summed E-state index contributed by atoms with van der Waals surface area (Å²) in [6.45, 7) is 6.79. The first-order chi connectivity index (χ1) is 4.47. The molecule has 1 heteroatoms. The standard InChI is InChI=1S/C6H11N.C2H6/c1-2-6-3-5-7(6)4-1;1-2/h6H,1-5H2;1-2H3. The lowest BCUT2D eigenvalue weighted by Crippen LogP contribution is -2.42. The van der Waals surface area contributed by atoms with Crippen molar-refractivity contribution in [1.29, 1.82) is 0 Å². The molecule has 9 heavy (non-hydrogen) atoms. The summed E-state index contributed by atoms with van der Waals surface area (Å²) in [7, 11) is 0. The third-order valence-electron chi connectivity index (χ3n) is 2.25. The Morgan fingerprint density at radius 1 is 1.11 bits per heavy atom. The van der Waals surface area contributed by atoms with Gasteiger partial charge in [-0.05, 0) is 32.4 Å². The number of nitrogens with zero attached hydrogens (tertiary/aromatic N) is 1. The average Bonchev–Trinajstić information content (AvgIpc) is 2.17. The van der Waals surface area contributed by atoms with Gasteiger partial charge in [0.15, 0.2) is 0 Å². The first-order valence-corrected chi connectivity index (χ1v) is 4.21. The molecule has 1 nitrogen and oxygen atoms in total. The lowest BCUT2D eigenvalue weighted by molar-refractivity contribution is 0.141. The van der Waals surface area contributed by atoms with Gasteiger partial charge in [-0.25, -0.2) is 0 Å². The molecule has 0 aromatic rings. The highest BCUT2D eigenvalue weighted by atomic mass is 15.2. The van der Waals surface area contributed by atoms with Crippen LogP contribution in [-0.2, 0) is 0 Å². The summed E-state index contributed by atoms with van der Waals surface area (Å²) in [6.07, 6.45) is 4.44. The Labute approximate surface area is 58.0 Å². The fourth-order valence-corrected chi connectivity index (χ4v) is 1.65. The van der Waals surface area contributed by atoms with Gasteiger partial charge >= 0.3 is 0 Å². The highest BCUT2D eigenvalue weighted by Crippen LogP contribution is 2.27. The Morgan fingerprint density at radius 2 is 1.89 bits per heavy atom. The van der Waals surface area contributed by atoms with E-state index in [0.717, 1.165) is 6.04 Å². The lowest BCUT2D eigenvalue weighted by atomic mass is 10.1. The van der Waals surface area contributed by atoms with E-state index < -0.39 is 0 Å². The second-order valence-electron chi connectivity index (χ2n) is 2.62. The summed E-state index contributed by atoms with van der Waals surface area (Å²) < 4.78 is 0. The quantitative estimate of drug-likeness (QED) is 0.480. The molecule has 2 aliphatic heterocycles. The van der Waals surface area contributed by atoms with Crippen molar-refractivity contribution in [1.82, 2.24) is 4.90 Å². The molecule has 0 bridgehead atoms. The highest BCUT2D eigenvalue weighted by molar-refractivity contribution is 4.87. The molecule has 2 rings (SSSR count). The molecule has 2 fully saturated rings. The fourth-order valence-electron chi connectivity index (χ4n) is 1.65. The van der Waals surface area contributed by atoms with E-state index in [-0.39, 0.29) is 0 Å². The van der Waals surface area contributed by atoms with Crippen molar-refractivity contribution in [3.05, 3.63) is 0 Å². The van der Waals surface area contributed by atoms with Gasteiger partial charge in [0.05, 0.1) is 0 Å². The van der Waals surface area contributed by atoms with E-state index in [1.54, 1.807) is 0 Å². The minimum Gasteiger partial charge on any atom is -0.300 e. The van der Waals surface area contributed by atoms with E-state index >= 15 is 0 Å². The molecule has 0 spiro atoms. The van der Waals surface area contributed by atoms with Gasteiger partial charge in [-0.3, -0.25) is 0 Å². The Hall–Kier alpha value is -0.0400. The Morgan fingerprint density at radius 3 is 2.11 bits per heavy atom. The predicted molar refractivity (Wildman–Crippen MR) is 40.6 cm³/mol. The first-order valence-electron chi connectivity index (χ1n) is 4.21. The van der Waals surface area contributed by atoms with Crippen LogP contribution in [0.1, 0.15) is 33.1 Å². The van der Waals surface area contributed by atoms with Crippen LogP contribution < -0.4 is 0 Å². The van der Waals surface area contributed by atoms with Gasteiger partial charge in [-0.1, -0.05) is 13.8 Å². The SMILES string of the molecule is C1CC2CCN2C1.CC. The largest absolute Gasteiger partial charge is 0.300 e. The van der Waals surface area contributed by atoms with Gasteiger partial charge in [0.2, 0.25) is 0 Å². The van der Waals surface area contributed by atoms with Gasteiger partial charge in [-0.15, -0.1) is 0 Å². The van der Waals surface area contributed by atoms with Crippen LogP contribution in [-0.4, -0.2) is 24.0 Å². The van der Waals surface area contributed by atoms with E-state index in [2.05, 4.69) is 4.90 Å². The van der Waals surface area contributed by atoms with Crippen molar-refractivity contribution < 1.29 is 0 Å². The van der Waals surface area contributed by atoms with Crippen LogP contribution in [0.25, 0.3) is 0 Å². The van der Waals surface area contributed by atoms with E-state index in [1.165, 1.54) is 32.4 Å². The van der Waals surface area contributed by atoms with Crippen LogP contribution in [0, 0.1) is 0 Å². The molecule has 2 aliphatic rings. The van der Waals surface area contributed by atoms with E-state index in [9.17, 15) is 0 Å². The maximum atomic E-state index is 2.58. The number of hydrogen-bond donors (Lipinski definition) is 0. The predicted octanol–water partition coefficient (Wildman–Crippen LogP) is 1.88. The Balaban J connectivity index is 0.000000186. The third kappa shape index (κ3) is 1.26. The van der Waals surface area contributed by atoms with Crippen molar-refractivity contribution >= 4 is 0 Å². The van der Waals surface area contributed by atoms with Gasteiger partial charge in [0.25, 0.3) is 0 Å². The summed E-state index contributed by atoms with van der Waals surface area (Å²) in [5.74, 6) is 0. The molecule has 0 N–H and O–H groups in total. The van der Waals surface area contributed by atoms with Crippen LogP contribution in [0.4, 0.5) is 0 Å². The molecular weight excluding hydrogens is 110 g/mol. The lowest BCUT2D eigenvalue weighted by Gasteiger charge is -2.34. The number of fused-ring (bicyclic) bond motifs is 1. The maximum absolute atomic E-state index is 2.58. The molecule has 0 aromatic heterocycles. The number of hydrogen-bond acceptors (Lipinski definition) is 1. The normalized spacial score (nSPS) is 32.0. The van der Waals surface area contributed by atoms with Crippen molar-refractivity contribution in [2.75, 3.05) is 13.1 Å². The molecule has 2 saturated heterocycles. The minimum atomic E-state index is 1.03. The topological polar surface area (TPSA) is 3.24 Å². The smallest absolute Gasteiger partial charge is 0.0108 e. The van der Waals surface area contributed by atoms with E-state index in [0.29, 0.717) is 0 Å². The molecule has 0 amide bonds. The summed E-state index contributed by atoms with van der Waals surface area (Å²) in [6, 6.07) is 1.03. The molecular formula is C8H17N. The summed E-state index contributed by atoms with van der Waals surface area (Å²) in [4.78, 5) is 2.58. The molecule has 0 aliphatic carbocycles. The zero-order valence-electron chi connectivity index (χ0n) is 6.56. The summed E-state index contributed by atoms with van der Waals surface area (Å²) in [5.41, 5.74) is 0. The molecule has 1 atom stereocenters. The molecule has 2 heterocycles. The second kappa shape index (κ2) is 3.21. The zero-order chi connectivity index (χ0) is 6.69. The summed E-state index contributed by atoms with van der Waals surface area (Å²) >= 11 is 0. The number of rotatable bonds is 0. The molecule has 0 aromatic carbocycles. The van der Waals surface area contributed by atoms with Crippen molar-refractivity contribution in [3.8, 4) is 0 Å². The summed E-state index contributed by atoms with van der Waals surface area (Å²) in [5, 5.41) is 0.